The molecule has 0 aliphatic heterocycles. The minimum absolute atomic E-state index is 0.133. The fourth-order valence-electron chi connectivity index (χ4n) is 4.32. The second-order valence-corrected chi connectivity index (χ2v) is 11.0. The largest absolute Gasteiger partial charge is 0.352 e. The Balaban J connectivity index is 1.81. The Morgan fingerprint density at radius 1 is 1.03 bits per heavy atom. The first-order chi connectivity index (χ1) is 16.2. The molecule has 7 nitrogen and oxygen atoms in total. The Morgan fingerprint density at radius 3 is 2.24 bits per heavy atom. The average Bonchev–Trinajstić information content (AvgIpc) is 3.32. The van der Waals surface area contributed by atoms with Crippen LogP contribution in [0.4, 0.5) is 0 Å². The third kappa shape index (κ3) is 6.45. The molecule has 2 aromatic rings. The van der Waals surface area contributed by atoms with Gasteiger partial charge in [-0.3, -0.25) is 9.59 Å². The number of sulfonamides is 1. The van der Waals surface area contributed by atoms with Gasteiger partial charge in [-0.25, -0.2) is 8.42 Å². The van der Waals surface area contributed by atoms with Crippen LogP contribution in [0.25, 0.3) is 0 Å². The number of amides is 2. The highest BCUT2D eigenvalue weighted by Crippen LogP contribution is 2.20. The van der Waals surface area contributed by atoms with E-state index in [4.69, 9.17) is 0 Å². The molecule has 0 radical (unpaired) electrons. The van der Waals surface area contributed by atoms with Crippen LogP contribution in [-0.4, -0.2) is 55.1 Å². The lowest BCUT2D eigenvalue weighted by Gasteiger charge is -2.32. The Labute approximate surface area is 203 Å². The molecule has 0 heterocycles. The highest BCUT2D eigenvalue weighted by atomic mass is 32.2. The molecular formula is C26H35N3O4S. The summed E-state index contributed by atoms with van der Waals surface area (Å²) in [6.45, 7) is 3.63. The second kappa shape index (κ2) is 11.6. The maximum atomic E-state index is 13.5. The van der Waals surface area contributed by atoms with E-state index in [0.29, 0.717) is 6.42 Å². The summed E-state index contributed by atoms with van der Waals surface area (Å²) in [6, 6.07) is 15.4. The van der Waals surface area contributed by atoms with Crippen molar-refractivity contribution in [1.29, 1.82) is 0 Å². The van der Waals surface area contributed by atoms with E-state index in [0.717, 1.165) is 41.1 Å². The molecule has 1 aliphatic rings. The summed E-state index contributed by atoms with van der Waals surface area (Å²) < 4.78 is 27.1. The first-order valence-electron chi connectivity index (χ1n) is 11.9. The maximum absolute atomic E-state index is 13.5. The van der Waals surface area contributed by atoms with Crippen molar-refractivity contribution < 1.29 is 18.0 Å². The quantitative estimate of drug-likeness (QED) is 0.558. The van der Waals surface area contributed by atoms with Gasteiger partial charge in [0.1, 0.15) is 6.04 Å². The molecule has 2 amide bonds. The molecule has 3 rings (SSSR count). The zero-order chi connectivity index (χ0) is 24.7. The highest BCUT2D eigenvalue weighted by Gasteiger charge is 2.33. The number of likely N-dealkylation sites (N-methyl/N-ethyl adjacent to an activating group) is 1. The van der Waals surface area contributed by atoms with Crippen LogP contribution in [0.1, 0.15) is 50.2 Å². The standard InChI is InChI=1S/C26H35N3O4S/c1-4-24(26(31)27-22-12-8-9-13-22)29(18-21-10-6-5-7-11-21)25(30)19-28(3)34(32,33)23-16-14-20(2)15-17-23/h5-7,10-11,14-17,22,24H,4,8-9,12-13,18-19H2,1-3H3,(H,27,31)/t24-/m1/s1. The molecule has 1 aliphatic carbocycles. The number of carbonyl (C=O) groups is 2. The van der Waals surface area contributed by atoms with Gasteiger partial charge >= 0.3 is 0 Å². The summed E-state index contributed by atoms with van der Waals surface area (Å²) in [4.78, 5) is 28.3. The third-order valence-electron chi connectivity index (χ3n) is 6.37. The third-order valence-corrected chi connectivity index (χ3v) is 8.19. The van der Waals surface area contributed by atoms with Gasteiger partial charge in [-0.15, -0.1) is 0 Å². The molecule has 0 aromatic heterocycles. The first kappa shape index (κ1) is 25.9. The zero-order valence-corrected chi connectivity index (χ0v) is 21.1. The van der Waals surface area contributed by atoms with Crippen LogP contribution in [-0.2, 0) is 26.2 Å². The normalized spacial score (nSPS) is 15.3. The molecule has 184 valence electrons. The van der Waals surface area contributed by atoms with Crippen LogP contribution in [0.2, 0.25) is 0 Å². The number of hydrogen-bond donors (Lipinski definition) is 1. The van der Waals surface area contributed by atoms with Crippen LogP contribution in [0.15, 0.2) is 59.5 Å². The van der Waals surface area contributed by atoms with Crippen molar-refractivity contribution in [1.82, 2.24) is 14.5 Å². The first-order valence-corrected chi connectivity index (χ1v) is 13.3. The Kier molecular flexibility index (Phi) is 8.85. The number of benzene rings is 2. The van der Waals surface area contributed by atoms with E-state index in [1.54, 1.807) is 12.1 Å². The molecule has 1 saturated carbocycles. The molecule has 0 unspecified atom stereocenters. The van der Waals surface area contributed by atoms with Gasteiger partial charge in [0.25, 0.3) is 0 Å². The van der Waals surface area contributed by atoms with E-state index in [1.807, 2.05) is 44.2 Å². The van der Waals surface area contributed by atoms with E-state index >= 15 is 0 Å². The lowest BCUT2D eigenvalue weighted by atomic mass is 10.1. The molecule has 1 fully saturated rings. The smallest absolute Gasteiger partial charge is 0.243 e. The predicted octanol–water partition coefficient (Wildman–Crippen LogP) is 3.48. The average molecular weight is 486 g/mol. The summed E-state index contributed by atoms with van der Waals surface area (Å²) in [7, 11) is -2.45. The monoisotopic (exact) mass is 485 g/mol. The van der Waals surface area contributed by atoms with Gasteiger partial charge < -0.3 is 10.2 Å². The highest BCUT2D eigenvalue weighted by molar-refractivity contribution is 7.89. The van der Waals surface area contributed by atoms with Crippen LogP contribution in [0, 0.1) is 6.92 Å². The van der Waals surface area contributed by atoms with Crippen molar-refractivity contribution in [2.75, 3.05) is 13.6 Å². The number of nitrogens with one attached hydrogen (secondary N) is 1. The molecule has 0 saturated heterocycles. The molecule has 1 N–H and O–H groups in total. The predicted molar refractivity (Wildman–Crippen MR) is 132 cm³/mol. The Bertz CT molecular complexity index is 1060. The summed E-state index contributed by atoms with van der Waals surface area (Å²) in [5.74, 6) is -0.585. The minimum Gasteiger partial charge on any atom is -0.352 e. The van der Waals surface area contributed by atoms with Crippen molar-refractivity contribution in [2.24, 2.45) is 0 Å². The van der Waals surface area contributed by atoms with Crippen molar-refractivity contribution in [3.05, 3.63) is 65.7 Å². The SMILES string of the molecule is CC[C@H](C(=O)NC1CCCC1)N(Cc1ccccc1)C(=O)CN(C)S(=O)(=O)c1ccc(C)cc1. The van der Waals surface area contributed by atoms with Crippen molar-refractivity contribution in [2.45, 2.75) is 69.5 Å². The van der Waals surface area contributed by atoms with E-state index in [-0.39, 0.29) is 29.9 Å². The molecule has 0 bridgehead atoms. The lowest BCUT2D eigenvalue weighted by molar-refractivity contribution is -0.141. The van der Waals surface area contributed by atoms with E-state index in [1.165, 1.54) is 24.1 Å². The van der Waals surface area contributed by atoms with Gasteiger partial charge in [0.2, 0.25) is 21.8 Å². The summed E-state index contributed by atoms with van der Waals surface area (Å²) in [5.41, 5.74) is 1.83. The Hall–Kier alpha value is -2.71. The fraction of sp³-hybridized carbons (Fsp3) is 0.462. The van der Waals surface area contributed by atoms with Crippen molar-refractivity contribution in [3.8, 4) is 0 Å². The number of rotatable bonds is 10. The number of aryl methyl sites for hydroxylation is 1. The van der Waals surface area contributed by atoms with Gasteiger partial charge in [0.15, 0.2) is 0 Å². The van der Waals surface area contributed by atoms with Crippen LogP contribution in [0.3, 0.4) is 0 Å². The van der Waals surface area contributed by atoms with Crippen molar-refractivity contribution in [3.63, 3.8) is 0 Å². The molecular weight excluding hydrogens is 450 g/mol. The molecule has 34 heavy (non-hydrogen) atoms. The Morgan fingerprint density at radius 2 is 1.65 bits per heavy atom. The summed E-state index contributed by atoms with van der Waals surface area (Å²) in [6.07, 6.45) is 4.52. The van der Waals surface area contributed by atoms with Gasteiger partial charge in [0.05, 0.1) is 11.4 Å². The number of nitrogens with zero attached hydrogens (tertiary/aromatic N) is 2. The van der Waals surface area contributed by atoms with Gasteiger partial charge in [-0.2, -0.15) is 4.31 Å². The maximum Gasteiger partial charge on any atom is 0.243 e. The summed E-state index contributed by atoms with van der Waals surface area (Å²) >= 11 is 0. The van der Waals surface area contributed by atoms with Crippen molar-refractivity contribution >= 4 is 21.8 Å². The van der Waals surface area contributed by atoms with Gasteiger partial charge in [-0.05, 0) is 43.9 Å². The van der Waals surface area contributed by atoms with E-state index in [9.17, 15) is 18.0 Å². The van der Waals surface area contributed by atoms with Crippen LogP contribution < -0.4 is 5.32 Å². The zero-order valence-electron chi connectivity index (χ0n) is 20.2. The second-order valence-electron chi connectivity index (χ2n) is 9.00. The molecule has 2 aromatic carbocycles. The van der Waals surface area contributed by atoms with Gasteiger partial charge in [0, 0.05) is 19.6 Å². The molecule has 0 spiro atoms. The summed E-state index contributed by atoms with van der Waals surface area (Å²) in [5, 5.41) is 3.10. The topological polar surface area (TPSA) is 86.8 Å². The van der Waals surface area contributed by atoms with E-state index in [2.05, 4.69) is 5.32 Å². The fourth-order valence-corrected chi connectivity index (χ4v) is 5.44. The molecule has 1 atom stereocenters. The molecule has 8 heteroatoms. The van der Waals surface area contributed by atoms with Gasteiger partial charge in [-0.1, -0.05) is 67.8 Å². The lowest BCUT2D eigenvalue weighted by Crippen LogP contribution is -2.53. The number of hydrogen-bond acceptors (Lipinski definition) is 4. The van der Waals surface area contributed by atoms with Crippen LogP contribution in [0.5, 0.6) is 0 Å². The van der Waals surface area contributed by atoms with Crippen LogP contribution >= 0.6 is 0 Å². The van der Waals surface area contributed by atoms with E-state index < -0.39 is 22.0 Å². The minimum atomic E-state index is -3.84. The number of carbonyl (C=O) groups excluding carboxylic acids is 2.